The van der Waals surface area contributed by atoms with Crippen LogP contribution in [-0.4, -0.2) is 33.0 Å². The zero-order valence-corrected chi connectivity index (χ0v) is 16.3. The molecule has 0 amide bonds. The summed E-state index contributed by atoms with van der Waals surface area (Å²) in [5.74, 6) is 9.11. The van der Waals surface area contributed by atoms with Crippen LogP contribution in [0.1, 0.15) is 39.1 Å². The molecule has 3 rings (SSSR count). The lowest BCUT2D eigenvalue weighted by Crippen LogP contribution is -2.14. The van der Waals surface area contributed by atoms with Gasteiger partial charge in [-0.25, -0.2) is 4.98 Å². The predicted octanol–water partition coefficient (Wildman–Crippen LogP) is 3.89. The summed E-state index contributed by atoms with van der Waals surface area (Å²) >= 11 is 0. The van der Waals surface area contributed by atoms with E-state index in [0.717, 1.165) is 30.0 Å². The van der Waals surface area contributed by atoms with Crippen LogP contribution in [0.2, 0.25) is 0 Å². The van der Waals surface area contributed by atoms with Crippen LogP contribution < -0.4 is 10.6 Å². The van der Waals surface area contributed by atoms with Crippen molar-refractivity contribution in [2.75, 3.05) is 23.7 Å². The molecule has 0 fully saturated rings. The maximum absolute atomic E-state index is 4.62. The van der Waals surface area contributed by atoms with Gasteiger partial charge < -0.3 is 15.6 Å². The normalized spacial score (nSPS) is 10.9. The minimum Gasteiger partial charge on any atom is -0.368 e. The molecule has 1 aromatic carbocycles. The standard InChI is InChI=1S/C21H26N6/c1-14(2)12-22-19-18-20(27-21(26-19)23-13-15(3)4)25-17(24-18)11-10-16-8-6-5-7-9-16/h5-9,14-15H,12-13H2,1-4H3,(H3,22,23,24,25,26,27). The molecule has 3 N–H and O–H groups in total. The first-order valence-corrected chi connectivity index (χ1v) is 9.34. The van der Waals surface area contributed by atoms with Gasteiger partial charge in [0, 0.05) is 18.7 Å². The van der Waals surface area contributed by atoms with Crippen molar-refractivity contribution in [2.45, 2.75) is 27.7 Å². The van der Waals surface area contributed by atoms with Crippen molar-refractivity contribution in [3.8, 4) is 11.8 Å². The number of benzene rings is 1. The number of aromatic nitrogens is 4. The van der Waals surface area contributed by atoms with Gasteiger partial charge in [0.05, 0.1) is 0 Å². The van der Waals surface area contributed by atoms with Gasteiger partial charge in [-0.3, -0.25) is 0 Å². The molecule has 6 nitrogen and oxygen atoms in total. The zero-order chi connectivity index (χ0) is 19.2. The summed E-state index contributed by atoms with van der Waals surface area (Å²) in [6.07, 6.45) is 0. The fourth-order valence-corrected chi connectivity index (χ4v) is 2.41. The molecule has 0 aliphatic rings. The molecule has 0 radical (unpaired) electrons. The molecule has 27 heavy (non-hydrogen) atoms. The van der Waals surface area contributed by atoms with Gasteiger partial charge in [0.25, 0.3) is 0 Å². The van der Waals surface area contributed by atoms with Crippen LogP contribution in [-0.2, 0) is 0 Å². The molecule has 6 heteroatoms. The van der Waals surface area contributed by atoms with E-state index in [1.165, 1.54) is 0 Å². The zero-order valence-electron chi connectivity index (χ0n) is 16.3. The number of aromatic amines is 1. The highest BCUT2D eigenvalue weighted by Gasteiger charge is 2.12. The van der Waals surface area contributed by atoms with E-state index >= 15 is 0 Å². The van der Waals surface area contributed by atoms with Gasteiger partial charge in [0.1, 0.15) is 5.52 Å². The van der Waals surface area contributed by atoms with E-state index in [4.69, 9.17) is 0 Å². The largest absolute Gasteiger partial charge is 0.368 e. The van der Waals surface area contributed by atoms with E-state index in [1.807, 2.05) is 30.3 Å². The second-order valence-electron chi connectivity index (χ2n) is 7.35. The Morgan fingerprint density at radius 3 is 2.30 bits per heavy atom. The van der Waals surface area contributed by atoms with Crippen molar-refractivity contribution in [3.05, 3.63) is 41.7 Å². The van der Waals surface area contributed by atoms with Crippen LogP contribution in [0, 0.1) is 23.7 Å². The number of rotatable bonds is 6. The third-order valence-corrected chi connectivity index (χ3v) is 3.80. The second-order valence-corrected chi connectivity index (χ2v) is 7.35. The molecule has 0 saturated heterocycles. The number of hydrogen-bond donors (Lipinski definition) is 3. The maximum Gasteiger partial charge on any atom is 0.226 e. The van der Waals surface area contributed by atoms with E-state index in [-0.39, 0.29) is 0 Å². The van der Waals surface area contributed by atoms with Crippen LogP contribution in [0.4, 0.5) is 11.8 Å². The van der Waals surface area contributed by atoms with Gasteiger partial charge in [-0.1, -0.05) is 51.8 Å². The number of anilines is 2. The Labute approximate surface area is 160 Å². The molecular formula is C21H26N6. The van der Waals surface area contributed by atoms with Crippen molar-refractivity contribution in [2.24, 2.45) is 11.8 Å². The summed E-state index contributed by atoms with van der Waals surface area (Å²) in [6, 6.07) is 9.85. The fourth-order valence-electron chi connectivity index (χ4n) is 2.41. The Morgan fingerprint density at radius 1 is 0.889 bits per heavy atom. The number of hydrogen-bond acceptors (Lipinski definition) is 5. The van der Waals surface area contributed by atoms with Crippen LogP contribution in [0.15, 0.2) is 30.3 Å². The highest BCUT2D eigenvalue weighted by Crippen LogP contribution is 2.20. The molecule has 2 heterocycles. The average Bonchev–Trinajstić information content (AvgIpc) is 3.06. The molecule has 0 atom stereocenters. The Balaban J connectivity index is 1.94. The van der Waals surface area contributed by atoms with Crippen molar-refractivity contribution in [1.82, 2.24) is 19.9 Å². The number of fused-ring (bicyclic) bond motifs is 1. The van der Waals surface area contributed by atoms with Crippen LogP contribution >= 0.6 is 0 Å². The average molecular weight is 362 g/mol. The van der Waals surface area contributed by atoms with Gasteiger partial charge in [0.15, 0.2) is 17.3 Å². The lowest BCUT2D eigenvalue weighted by molar-refractivity contribution is 0.682. The van der Waals surface area contributed by atoms with E-state index < -0.39 is 0 Å². The number of imidazole rings is 1. The Morgan fingerprint density at radius 2 is 1.59 bits per heavy atom. The molecule has 2 aromatic heterocycles. The number of H-pyrrole nitrogens is 1. The quantitative estimate of drug-likeness (QED) is 0.580. The molecule has 140 valence electrons. The first-order valence-electron chi connectivity index (χ1n) is 9.34. The van der Waals surface area contributed by atoms with E-state index in [0.29, 0.717) is 29.3 Å². The monoisotopic (exact) mass is 362 g/mol. The summed E-state index contributed by atoms with van der Waals surface area (Å²) in [5, 5.41) is 6.67. The van der Waals surface area contributed by atoms with Crippen molar-refractivity contribution in [3.63, 3.8) is 0 Å². The highest BCUT2D eigenvalue weighted by atomic mass is 15.2. The number of nitrogens with zero attached hydrogens (tertiary/aromatic N) is 3. The maximum atomic E-state index is 4.62. The fraction of sp³-hybridized carbons (Fsp3) is 0.381. The van der Waals surface area contributed by atoms with Gasteiger partial charge in [-0.05, 0) is 29.9 Å². The molecule has 0 saturated carbocycles. The van der Waals surface area contributed by atoms with Crippen LogP contribution in [0.5, 0.6) is 0 Å². The minimum absolute atomic E-state index is 0.502. The predicted molar refractivity (Wildman–Crippen MR) is 111 cm³/mol. The molecule has 0 aliphatic carbocycles. The van der Waals surface area contributed by atoms with E-state index in [1.54, 1.807) is 0 Å². The van der Waals surface area contributed by atoms with E-state index in [9.17, 15) is 0 Å². The Kier molecular flexibility index (Phi) is 5.92. The second kappa shape index (κ2) is 8.54. The van der Waals surface area contributed by atoms with Gasteiger partial charge in [-0.15, -0.1) is 0 Å². The molecule has 0 bridgehead atoms. The Bertz CT molecular complexity index is 947. The summed E-state index contributed by atoms with van der Waals surface area (Å²) in [5.41, 5.74) is 2.34. The van der Waals surface area contributed by atoms with Gasteiger partial charge >= 0.3 is 0 Å². The van der Waals surface area contributed by atoms with Crippen LogP contribution in [0.25, 0.3) is 11.2 Å². The van der Waals surface area contributed by atoms with Gasteiger partial charge in [0.2, 0.25) is 5.95 Å². The van der Waals surface area contributed by atoms with Crippen LogP contribution in [0.3, 0.4) is 0 Å². The topological polar surface area (TPSA) is 78.5 Å². The van der Waals surface area contributed by atoms with Crippen molar-refractivity contribution < 1.29 is 0 Å². The highest BCUT2D eigenvalue weighted by molar-refractivity contribution is 5.84. The summed E-state index contributed by atoms with van der Waals surface area (Å²) < 4.78 is 0. The summed E-state index contributed by atoms with van der Waals surface area (Å²) in [6.45, 7) is 10.2. The summed E-state index contributed by atoms with van der Waals surface area (Å²) in [7, 11) is 0. The first kappa shape index (κ1) is 18.7. The molecule has 0 spiro atoms. The third kappa shape index (κ3) is 5.20. The molecular weight excluding hydrogens is 336 g/mol. The lowest BCUT2D eigenvalue weighted by Gasteiger charge is -2.11. The number of nitrogens with one attached hydrogen (secondary N) is 3. The smallest absolute Gasteiger partial charge is 0.226 e. The first-order chi connectivity index (χ1) is 13.0. The molecule has 3 aromatic rings. The Hall–Kier alpha value is -3.07. The third-order valence-electron chi connectivity index (χ3n) is 3.80. The molecule has 0 aliphatic heterocycles. The summed E-state index contributed by atoms with van der Waals surface area (Å²) in [4.78, 5) is 17.0. The molecule has 0 unspecified atom stereocenters. The lowest BCUT2D eigenvalue weighted by atomic mass is 10.2. The van der Waals surface area contributed by atoms with Crippen molar-refractivity contribution >= 4 is 22.9 Å². The van der Waals surface area contributed by atoms with Crippen molar-refractivity contribution in [1.29, 1.82) is 0 Å². The van der Waals surface area contributed by atoms with E-state index in [2.05, 4.69) is 70.1 Å². The minimum atomic E-state index is 0.502. The van der Waals surface area contributed by atoms with Gasteiger partial charge in [-0.2, -0.15) is 9.97 Å². The SMILES string of the molecule is CC(C)CNc1nc(NCC(C)C)c2[nH]c(C#Cc3ccccc3)nc2n1.